The van der Waals surface area contributed by atoms with Gasteiger partial charge in [0.05, 0.1) is 22.4 Å². The standard InChI is InChI=1S/C21H18N2O3/c1-12-9-21(24)26-20-8-13(2)19(10-15(12)20)25-11-18-14(3)22-16-6-4-5-7-17(16)23-18/h4-10H,11H2,1-3H3. The second-order valence-corrected chi connectivity index (χ2v) is 6.40. The zero-order valence-electron chi connectivity index (χ0n) is 14.9. The van der Waals surface area contributed by atoms with Gasteiger partial charge in [-0.25, -0.2) is 14.8 Å². The van der Waals surface area contributed by atoms with Gasteiger partial charge in [-0.15, -0.1) is 0 Å². The molecule has 4 aromatic rings. The Balaban J connectivity index is 1.69. The summed E-state index contributed by atoms with van der Waals surface area (Å²) < 4.78 is 11.3. The molecule has 130 valence electrons. The quantitative estimate of drug-likeness (QED) is 0.519. The van der Waals surface area contributed by atoms with Crippen molar-refractivity contribution in [2.75, 3.05) is 0 Å². The Morgan fingerprint density at radius 1 is 0.962 bits per heavy atom. The molecule has 4 rings (SSSR count). The molecule has 0 N–H and O–H groups in total. The van der Waals surface area contributed by atoms with Crippen LogP contribution in [0.1, 0.15) is 22.5 Å². The average molecular weight is 346 g/mol. The molecular formula is C21H18N2O3. The molecule has 0 spiro atoms. The molecule has 0 aliphatic heterocycles. The second kappa shape index (κ2) is 6.26. The van der Waals surface area contributed by atoms with E-state index in [4.69, 9.17) is 9.15 Å². The van der Waals surface area contributed by atoms with Gasteiger partial charge in [0.15, 0.2) is 0 Å². The fraction of sp³-hybridized carbons (Fsp3) is 0.190. The van der Waals surface area contributed by atoms with Crippen LogP contribution < -0.4 is 10.4 Å². The van der Waals surface area contributed by atoms with E-state index < -0.39 is 0 Å². The lowest BCUT2D eigenvalue weighted by Crippen LogP contribution is -2.05. The van der Waals surface area contributed by atoms with Crippen LogP contribution in [0.4, 0.5) is 0 Å². The topological polar surface area (TPSA) is 65.2 Å². The highest BCUT2D eigenvalue weighted by atomic mass is 16.5. The Labute approximate surface area is 150 Å². The van der Waals surface area contributed by atoms with Crippen LogP contribution in [0.5, 0.6) is 5.75 Å². The van der Waals surface area contributed by atoms with Crippen molar-refractivity contribution in [3.05, 3.63) is 75.4 Å². The number of rotatable bonds is 3. The van der Waals surface area contributed by atoms with Gasteiger partial charge in [-0.3, -0.25) is 0 Å². The SMILES string of the molecule is Cc1cc2oc(=O)cc(C)c2cc1OCc1nc2ccccc2nc1C. The van der Waals surface area contributed by atoms with Crippen LogP contribution >= 0.6 is 0 Å². The van der Waals surface area contributed by atoms with Crippen LogP contribution in [-0.2, 0) is 6.61 Å². The van der Waals surface area contributed by atoms with Gasteiger partial charge in [-0.1, -0.05) is 12.1 Å². The molecule has 0 aliphatic rings. The third-order valence-corrected chi connectivity index (χ3v) is 4.45. The minimum absolute atomic E-state index is 0.325. The van der Waals surface area contributed by atoms with Crippen molar-refractivity contribution in [1.29, 1.82) is 0 Å². The van der Waals surface area contributed by atoms with E-state index in [1.807, 2.05) is 57.2 Å². The molecular weight excluding hydrogens is 328 g/mol. The van der Waals surface area contributed by atoms with E-state index in [0.717, 1.165) is 44.7 Å². The van der Waals surface area contributed by atoms with E-state index in [1.165, 1.54) is 6.07 Å². The maximum absolute atomic E-state index is 11.5. The van der Waals surface area contributed by atoms with Crippen LogP contribution in [-0.4, -0.2) is 9.97 Å². The highest BCUT2D eigenvalue weighted by molar-refractivity contribution is 5.82. The van der Waals surface area contributed by atoms with Crippen molar-refractivity contribution >= 4 is 22.0 Å². The van der Waals surface area contributed by atoms with E-state index in [1.54, 1.807) is 0 Å². The van der Waals surface area contributed by atoms with Crippen molar-refractivity contribution in [3.8, 4) is 5.75 Å². The monoisotopic (exact) mass is 346 g/mol. The number of aromatic nitrogens is 2. The number of fused-ring (bicyclic) bond motifs is 2. The number of nitrogens with zero attached hydrogens (tertiary/aromatic N) is 2. The summed E-state index contributed by atoms with van der Waals surface area (Å²) in [5, 5.41) is 0.867. The van der Waals surface area contributed by atoms with Gasteiger partial charge >= 0.3 is 5.63 Å². The van der Waals surface area contributed by atoms with Crippen LogP contribution in [0.3, 0.4) is 0 Å². The fourth-order valence-corrected chi connectivity index (χ4v) is 3.01. The lowest BCUT2D eigenvalue weighted by Gasteiger charge is -2.12. The third kappa shape index (κ3) is 2.92. The molecule has 0 fully saturated rings. The van der Waals surface area contributed by atoms with Gasteiger partial charge in [-0.05, 0) is 56.2 Å². The zero-order chi connectivity index (χ0) is 18.3. The molecule has 0 atom stereocenters. The fourth-order valence-electron chi connectivity index (χ4n) is 3.01. The summed E-state index contributed by atoms with van der Waals surface area (Å²) in [6.07, 6.45) is 0. The first-order valence-corrected chi connectivity index (χ1v) is 8.41. The van der Waals surface area contributed by atoms with Gasteiger partial charge < -0.3 is 9.15 Å². The molecule has 0 amide bonds. The number of para-hydroxylation sites is 2. The molecule has 5 nitrogen and oxygen atoms in total. The summed E-state index contributed by atoms with van der Waals surface area (Å²) in [4.78, 5) is 20.8. The van der Waals surface area contributed by atoms with Crippen LogP contribution in [0.15, 0.2) is 51.7 Å². The highest BCUT2D eigenvalue weighted by Gasteiger charge is 2.10. The minimum atomic E-state index is -0.342. The molecule has 0 saturated carbocycles. The van der Waals surface area contributed by atoms with E-state index in [-0.39, 0.29) is 5.63 Å². The summed E-state index contributed by atoms with van der Waals surface area (Å²) >= 11 is 0. The molecule has 5 heteroatoms. The summed E-state index contributed by atoms with van der Waals surface area (Å²) in [6, 6.07) is 13.0. The van der Waals surface area contributed by atoms with Crippen LogP contribution in [0.25, 0.3) is 22.0 Å². The van der Waals surface area contributed by atoms with Gasteiger partial charge in [0.2, 0.25) is 0 Å². The maximum Gasteiger partial charge on any atom is 0.336 e. The van der Waals surface area contributed by atoms with E-state index in [0.29, 0.717) is 12.2 Å². The molecule has 0 unspecified atom stereocenters. The third-order valence-electron chi connectivity index (χ3n) is 4.45. The molecule has 26 heavy (non-hydrogen) atoms. The predicted octanol–water partition coefficient (Wildman–Crippen LogP) is 4.24. The first-order chi connectivity index (χ1) is 12.5. The molecule has 2 aromatic carbocycles. The number of aryl methyl sites for hydroxylation is 3. The molecule has 2 heterocycles. The lowest BCUT2D eigenvalue weighted by atomic mass is 10.1. The smallest absolute Gasteiger partial charge is 0.336 e. The van der Waals surface area contributed by atoms with Crippen molar-refractivity contribution < 1.29 is 9.15 Å². The molecule has 0 saturated heterocycles. The van der Waals surface area contributed by atoms with E-state index >= 15 is 0 Å². The van der Waals surface area contributed by atoms with Crippen molar-refractivity contribution in [2.45, 2.75) is 27.4 Å². The Hall–Kier alpha value is -3.21. The Kier molecular flexibility index (Phi) is 3.92. The minimum Gasteiger partial charge on any atom is -0.487 e. The van der Waals surface area contributed by atoms with Gasteiger partial charge in [-0.2, -0.15) is 0 Å². The van der Waals surface area contributed by atoms with Gasteiger partial charge in [0.25, 0.3) is 0 Å². The van der Waals surface area contributed by atoms with Crippen molar-refractivity contribution in [3.63, 3.8) is 0 Å². The van der Waals surface area contributed by atoms with Crippen LogP contribution in [0, 0.1) is 20.8 Å². The predicted molar refractivity (Wildman–Crippen MR) is 101 cm³/mol. The largest absolute Gasteiger partial charge is 0.487 e. The van der Waals surface area contributed by atoms with Gasteiger partial charge in [0.1, 0.15) is 17.9 Å². The van der Waals surface area contributed by atoms with Crippen LogP contribution in [0.2, 0.25) is 0 Å². The first kappa shape index (κ1) is 16.3. The Bertz CT molecular complexity index is 1200. The molecule has 0 radical (unpaired) electrons. The summed E-state index contributed by atoms with van der Waals surface area (Å²) in [6.45, 7) is 6.07. The Morgan fingerprint density at radius 3 is 2.46 bits per heavy atom. The number of ether oxygens (including phenoxy) is 1. The number of hydrogen-bond acceptors (Lipinski definition) is 5. The summed E-state index contributed by atoms with van der Waals surface area (Å²) in [5.74, 6) is 0.740. The first-order valence-electron chi connectivity index (χ1n) is 8.41. The molecule has 0 aliphatic carbocycles. The normalized spacial score (nSPS) is 11.2. The van der Waals surface area contributed by atoms with Crippen molar-refractivity contribution in [1.82, 2.24) is 9.97 Å². The number of hydrogen-bond donors (Lipinski definition) is 0. The summed E-state index contributed by atoms with van der Waals surface area (Å²) in [5.41, 5.74) is 5.38. The maximum atomic E-state index is 11.5. The Morgan fingerprint density at radius 2 is 1.69 bits per heavy atom. The number of benzene rings is 2. The van der Waals surface area contributed by atoms with E-state index in [2.05, 4.69) is 9.97 Å². The summed E-state index contributed by atoms with van der Waals surface area (Å²) in [7, 11) is 0. The molecule has 2 aromatic heterocycles. The van der Waals surface area contributed by atoms with E-state index in [9.17, 15) is 4.79 Å². The second-order valence-electron chi connectivity index (χ2n) is 6.40. The highest BCUT2D eigenvalue weighted by Crippen LogP contribution is 2.27. The molecule has 0 bridgehead atoms. The van der Waals surface area contributed by atoms with Gasteiger partial charge in [0, 0.05) is 11.5 Å². The lowest BCUT2D eigenvalue weighted by molar-refractivity contribution is 0.298. The average Bonchev–Trinajstić information content (AvgIpc) is 2.60. The van der Waals surface area contributed by atoms with Crippen molar-refractivity contribution in [2.24, 2.45) is 0 Å². The zero-order valence-corrected chi connectivity index (χ0v) is 14.9.